The van der Waals surface area contributed by atoms with Crippen LogP contribution in [0.3, 0.4) is 0 Å². The van der Waals surface area contributed by atoms with Gasteiger partial charge in [-0.05, 0) is 62.5 Å². The van der Waals surface area contributed by atoms with E-state index in [0.29, 0.717) is 32.1 Å². The maximum Gasteiger partial charge on any atom is 0.422 e. The highest BCUT2D eigenvalue weighted by Crippen LogP contribution is 2.22. The molecule has 4 rings (SSSR count). The molecule has 0 radical (unpaired) electrons. The maximum atomic E-state index is 12.7. The number of benzene rings is 2. The summed E-state index contributed by atoms with van der Waals surface area (Å²) in [6.07, 6.45) is -2.88. The number of carbonyl (C=O) groups excluding carboxylic acids is 2. The van der Waals surface area contributed by atoms with Crippen LogP contribution in [0.25, 0.3) is 11.0 Å². The van der Waals surface area contributed by atoms with Gasteiger partial charge >= 0.3 is 18.2 Å². The number of aromatic amines is 1. The Kier molecular flexibility index (Phi) is 10.3. The summed E-state index contributed by atoms with van der Waals surface area (Å²) in [6, 6.07) is 15.0. The van der Waals surface area contributed by atoms with E-state index in [-0.39, 0.29) is 24.9 Å². The molecule has 212 valence electrons. The Labute approximate surface area is 238 Å². The number of nitrogens with zero attached hydrogens (tertiary/aromatic N) is 3. The second kappa shape index (κ2) is 13.4. The Morgan fingerprint density at radius 2 is 1.85 bits per heavy atom. The number of nitrogens with one attached hydrogen (secondary N) is 1. The molecule has 4 aromatic rings. The molecule has 8 nitrogen and oxygen atoms in total. The van der Waals surface area contributed by atoms with Crippen LogP contribution in [0.2, 0.25) is 5.02 Å². The first-order valence-electron chi connectivity index (χ1n) is 11.9. The third-order valence-corrected chi connectivity index (χ3v) is 6.15. The first-order valence-corrected chi connectivity index (χ1v) is 12.7. The third-order valence-electron chi connectivity index (χ3n) is 5.63. The Morgan fingerprint density at radius 1 is 1.12 bits per heavy atom. The quantitative estimate of drug-likeness (QED) is 0.196. The average Bonchev–Trinajstić information content (AvgIpc) is 3.24. The Bertz CT molecular complexity index is 1550. The minimum absolute atomic E-state index is 0.0588. The molecule has 0 aliphatic carbocycles. The van der Waals surface area contributed by atoms with Gasteiger partial charge in [-0.15, -0.1) is 0 Å². The van der Waals surface area contributed by atoms with E-state index in [1.807, 2.05) is 24.3 Å². The molecule has 1 amide bonds. The number of fused-ring (bicyclic) bond motifs is 1. The molecule has 40 heavy (non-hydrogen) atoms. The summed E-state index contributed by atoms with van der Waals surface area (Å²) in [5.74, 6) is -0.258. The van der Waals surface area contributed by atoms with E-state index in [2.05, 4.69) is 14.7 Å². The second-order valence-electron chi connectivity index (χ2n) is 8.56. The van der Waals surface area contributed by atoms with E-state index < -0.39 is 18.8 Å². The number of likely N-dealkylation sites (N-methyl/N-ethyl adjacent to an activating group) is 1. The molecule has 0 aliphatic heterocycles. The van der Waals surface area contributed by atoms with Gasteiger partial charge in [0.1, 0.15) is 12.4 Å². The molecule has 0 fully saturated rings. The fraction of sp³-hybridized carbons (Fsp3) is 0.259. The van der Waals surface area contributed by atoms with Crippen LogP contribution in [0, 0.1) is 18.6 Å². The van der Waals surface area contributed by atoms with Crippen molar-refractivity contribution in [3.05, 3.63) is 87.4 Å². The zero-order valence-electron chi connectivity index (χ0n) is 21.8. The molecule has 1 N–H and O–H groups in total. The van der Waals surface area contributed by atoms with E-state index >= 15 is 0 Å². The van der Waals surface area contributed by atoms with Gasteiger partial charge in [0.25, 0.3) is 0 Å². The van der Waals surface area contributed by atoms with Gasteiger partial charge in [0, 0.05) is 29.5 Å². The summed E-state index contributed by atoms with van der Waals surface area (Å²) in [4.78, 5) is 33.0. The van der Waals surface area contributed by atoms with Gasteiger partial charge in [0.05, 0.1) is 23.1 Å². The van der Waals surface area contributed by atoms with Crippen molar-refractivity contribution >= 4 is 46.9 Å². The number of para-hydroxylation sites is 2. The van der Waals surface area contributed by atoms with E-state index in [1.165, 1.54) is 27.8 Å². The normalized spacial score (nSPS) is 11.0. The van der Waals surface area contributed by atoms with Crippen molar-refractivity contribution in [3.8, 4) is 5.75 Å². The van der Waals surface area contributed by atoms with Crippen molar-refractivity contribution in [2.45, 2.75) is 20.0 Å². The number of hydrogen-bond acceptors (Lipinski definition) is 6. The summed E-state index contributed by atoms with van der Waals surface area (Å²) in [7, 11) is 1.62. The van der Waals surface area contributed by atoms with Crippen LogP contribution in [0.15, 0.2) is 60.8 Å². The highest BCUT2D eigenvalue weighted by molar-refractivity contribution is 7.71. The predicted octanol–water partition coefficient (Wildman–Crippen LogP) is 6.75. The number of aromatic nitrogens is 3. The number of imidazole rings is 1. The fourth-order valence-electron chi connectivity index (χ4n) is 3.42. The molecule has 13 heteroatoms. The minimum atomic E-state index is -4.30. The van der Waals surface area contributed by atoms with Gasteiger partial charge in [0.2, 0.25) is 0 Å². The van der Waals surface area contributed by atoms with Crippen molar-refractivity contribution in [3.63, 3.8) is 0 Å². The minimum Gasteiger partial charge on any atom is -0.484 e. The summed E-state index contributed by atoms with van der Waals surface area (Å²) in [5.41, 5.74) is 3.16. The monoisotopic (exact) mass is 594 g/mol. The van der Waals surface area contributed by atoms with Gasteiger partial charge in [-0.1, -0.05) is 29.8 Å². The highest BCUT2D eigenvalue weighted by Gasteiger charge is 2.28. The molecule has 2 aromatic heterocycles. The van der Waals surface area contributed by atoms with Crippen LogP contribution in [0.4, 0.5) is 18.0 Å². The number of ether oxygens (including phenoxy) is 2. The van der Waals surface area contributed by atoms with Gasteiger partial charge in [-0.25, -0.2) is 14.2 Å². The van der Waals surface area contributed by atoms with E-state index in [9.17, 15) is 22.8 Å². The van der Waals surface area contributed by atoms with Crippen LogP contribution in [-0.2, 0) is 4.74 Å². The highest BCUT2D eigenvalue weighted by atomic mass is 35.5. The predicted molar refractivity (Wildman–Crippen MR) is 148 cm³/mol. The topological polar surface area (TPSA) is 89.5 Å². The molecule has 0 atom stereocenters. The number of carbonyl (C=O) groups is 2. The Hall–Kier alpha value is -3.90. The van der Waals surface area contributed by atoms with Crippen molar-refractivity contribution in [2.24, 2.45) is 0 Å². The van der Waals surface area contributed by atoms with Gasteiger partial charge < -0.3 is 19.4 Å². The van der Waals surface area contributed by atoms with Crippen LogP contribution in [0.5, 0.6) is 5.75 Å². The van der Waals surface area contributed by atoms with Crippen molar-refractivity contribution < 1.29 is 32.2 Å². The van der Waals surface area contributed by atoms with Crippen LogP contribution >= 0.6 is 23.8 Å². The lowest BCUT2D eigenvalue weighted by Gasteiger charge is -2.17. The van der Waals surface area contributed by atoms with Gasteiger partial charge in [0.15, 0.2) is 11.4 Å². The van der Waals surface area contributed by atoms with Crippen molar-refractivity contribution in [2.75, 3.05) is 26.8 Å². The molecule has 0 saturated carbocycles. The smallest absolute Gasteiger partial charge is 0.422 e. The van der Waals surface area contributed by atoms with Gasteiger partial charge in [-0.3, -0.25) is 4.98 Å². The number of pyridine rings is 1. The summed E-state index contributed by atoms with van der Waals surface area (Å²) in [5, 5.41) is 0.459. The molecule has 0 saturated heterocycles. The zero-order chi connectivity index (χ0) is 29.4. The van der Waals surface area contributed by atoms with Crippen molar-refractivity contribution in [1.29, 1.82) is 0 Å². The van der Waals surface area contributed by atoms with E-state index in [1.54, 1.807) is 39.1 Å². The molecular weight excluding hydrogens is 569 g/mol. The first kappa shape index (κ1) is 30.6. The zero-order valence-corrected chi connectivity index (χ0v) is 23.4. The standard InChI is InChI=1S/C18H16ClN3O3S.C9H10F3NO/c1-21(9-10-25-16(23)12-5-4-6-13(19)11-12)18(24)22-15-8-3-2-7-14(15)20-17(22)26;1-6-7(2)13-4-3-8(6)14-5-9(10,11)12/h2-8,11H,9-10H2,1H3,(H,20,26);3-4H,5H2,1-2H3. The second-order valence-corrected chi connectivity index (χ2v) is 9.38. The number of halogens is 4. The lowest BCUT2D eigenvalue weighted by molar-refractivity contribution is -0.153. The summed E-state index contributed by atoms with van der Waals surface area (Å²) >= 11 is 11.1. The van der Waals surface area contributed by atoms with E-state index in [0.717, 1.165) is 5.52 Å². The molecule has 0 bridgehead atoms. The van der Waals surface area contributed by atoms with Crippen LogP contribution < -0.4 is 4.74 Å². The molecule has 2 aromatic carbocycles. The Balaban J connectivity index is 0.000000267. The number of amides is 1. The van der Waals surface area contributed by atoms with E-state index in [4.69, 9.17) is 28.6 Å². The number of esters is 1. The SMILES string of the molecule is CN(CCOC(=O)c1cccc(Cl)c1)C(=O)n1c(=S)[nH]c2ccccc21.Cc1nccc(OCC(F)(F)F)c1C. The third kappa shape index (κ3) is 8.30. The number of H-pyrrole nitrogens is 1. The largest absolute Gasteiger partial charge is 0.484 e. The number of aryl methyl sites for hydroxylation is 1. The summed E-state index contributed by atoms with van der Waals surface area (Å²) in [6.45, 7) is 2.41. The molecule has 0 aliphatic rings. The fourth-order valence-corrected chi connectivity index (χ4v) is 3.89. The lowest BCUT2D eigenvalue weighted by atomic mass is 10.2. The van der Waals surface area contributed by atoms with Crippen LogP contribution in [-0.4, -0.2) is 64.4 Å². The average molecular weight is 595 g/mol. The van der Waals surface area contributed by atoms with Gasteiger partial charge in [-0.2, -0.15) is 13.2 Å². The van der Waals surface area contributed by atoms with Crippen LogP contribution in [0.1, 0.15) is 21.6 Å². The lowest BCUT2D eigenvalue weighted by Crippen LogP contribution is -2.34. The number of rotatable bonds is 6. The Morgan fingerprint density at radius 3 is 2.55 bits per heavy atom. The molecular formula is C27H26ClF3N4O4S. The molecule has 2 heterocycles. The number of hydrogen-bond donors (Lipinski definition) is 1. The molecule has 0 unspecified atom stereocenters. The first-order chi connectivity index (χ1) is 18.9. The molecule has 0 spiro atoms. The maximum absolute atomic E-state index is 12.7. The number of alkyl halides is 3. The summed E-state index contributed by atoms with van der Waals surface area (Å²) < 4.78 is 47.1. The van der Waals surface area contributed by atoms with Crippen molar-refractivity contribution in [1.82, 2.24) is 19.4 Å².